The van der Waals surface area contributed by atoms with Gasteiger partial charge in [-0.05, 0) is 35.4 Å². The lowest BCUT2D eigenvalue weighted by molar-refractivity contribution is -0.0446. The zero-order valence-electron chi connectivity index (χ0n) is 19.6. The highest BCUT2D eigenvalue weighted by Crippen LogP contribution is 2.40. The van der Waals surface area contributed by atoms with Crippen molar-refractivity contribution < 1.29 is 26.4 Å². The van der Waals surface area contributed by atoms with E-state index in [0.717, 1.165) is 10.3 Å². The number of hydrogen-bond donors (Lipinski definition) is 2. The molecular formula is C26H17Cl2F3N4O3S. The predicted molar refractivity (Wildman–Crippen MR) is 143 cm³/mol. The number of halogens is 5. The molecule has 7 nitrogen and oxygen atoms in total. The zero-order chi connectivity index (χ0) is 27.9. The highest BCUT2D eigenvalue weighted by molar-refractivity contribution is 7.90. The Morgan fingerprint density at radius 1 is 0.974 bits per heavy atom. The molecule has 0 aliphatic rings. The molecule has 0 bridgehead atoms. The summed E-state index contributed by atoms with van der Waals surface area (Å²) >= 11 is 12.2. The number of carbonyl (C=O) groups excluding carboxylic acids is 1. The molecule has 0 aliphatic carbocycles. The van der Waals surface area contributed by atoms with E-state index in [4.69, 9.17) is 23.2 Å². The number of amides is 1. The molecule has 2 N–H and O–H groups in total. The Morgan fingerprint density at radius 3 is 2.31 bits per heavy atom. The molecule has 0 saturated carbocycles. The fourth-order valence-electron chi connectivity index (χ4n) is 4.18. The van der Waals surface area contributed by atoms with Gasteiger partial charge < -0.3 is 4.98 Å². The predicted octanol–water partition coefficient (Wildman–Crippen LogP) is 6.63. The summed E-state index contributed by atoms with van der Waals surface area (Å²) in [6.45, 7) is 0.210. The van der Waals surface area contributed by atoms with Crippen molar-refractivity contribution in [2.24, 2.45) is 0 Å². The molecule has 13 heteroatoms. The van der Waals surface area contributed by atoms with Gasteiger partial charge in [0.05, 0.1) is 18.4 Å². The summed E-state index contributed by atoms with van der Waals surface area (Å²) in [5, 5.41) is 5.76. The molecule has 39 heavy (non-hydrogen) atoms. The first-order valence-electron chi connectivity index (χ1n) is 11.3. The molecule has 5 rings (SSSR count). The fraction of sp³-hybridized carbons (Fsp3) is 0.0769. The number of hydrogen-bond acceptors (Lipinski definition) is 4. The quantitative estimate of drug-likeness (QED) is 0.231. The van der Waals surface area contributed by atoms with E-state index in [-0.39, 0.29) is 12.1 Å². The van der Waals surface area contributed by atoms with E-state index in [0.29, 0.717) is 37.8 Å². The van der Waals surface area contributed by atoms with Crippen molar-refractivity contribution in [1.82, 2.24) is 19.5 Å². The fourth-order valence-corrected chi connectivity index (χ4v) is 4.94. The molecular weight excluding hydrogens is 576 g/mol. The molecule has 0 fully saturated rings. The maximum atomic E-state index is 13.1. The summed E-state index contributed by atoms with van der Waals surface area (Å²) in [5.41, 5.74) is -3.18. The van der Waals surface area contributed by atoms with Gasteiger partial charge in [-0.1, -0.05) is 71.7 Å². The summed E-state index contributed by atoms with van der Waals surface area (Å²) in [6.07, 6.45) is 1.57. The van der Waals surface area contributed by atoms with Crippen LogP contribution in [0.4, 0.5) is 13.2 Å². The number of carbonyl (C=O) groups is 1. The lowest BCUT2D eigenvalue weighted by atomic mass is 9.98. The van der Waals surface area contributed by atoms with Gasteiger partial charge in [0.1, 0.15) is 5.69 Å². The molecule has 0 unspecified atom stereocenters. The van der Waals surface area contributed by atoms with Crippen molar-refractivity contribution in [3.05, 3.63) is 100 Å². The van der Waals surface area contributed by atoms with Gasteiger partial charge in [0.25, 0.3) is 5.91 Å². The second kappa shape index (κ2) is 10.1. The summed E-state index contributed by atoms with van der Waals surface area (Å²) in [4.78, 5) is 15.9. The minimum Gasteiger partial charge on any atom is -0.350 e. The van der Waals surface area contributed by atoms with Crippen LogP contribution in [0, 0.1) is 0 Å². The Kier molecular flexibility index (Phi) is 6.91. The lowest BCUT2D eigenvalue weighted by Crippen LogP contribution is -2.40. The van der Waals surface area contributed by atoms with E-state index in [1.165, 1.54) is 6.07 Å². The maximum Gasteiger partial charge on any atom is 0.516 e. The first-order chi connectivity index (χ1) is 18.4. The molecule has 1 amide bonds. The monoisotopic (exact) mass is 592 g/mol. The molecule has 2 heterocycles. The topological polar surface area (TPSA) is 96.8 Å². The van der Waals surface area contributed by atoms with Gasteiger partial charge in [-0.2, -0.15) is 26.7 Å². The second-order valence-corrected chi connectivity index (χ2v) is 11.0. The van der Waals surface area contributed by atoms with Crippen LogP contribution in [-0.4, -0.2) is 34.6 Å². The van der Waals surface area contributed by atoms with Crippen LogP contribution in [0.1, 0.15) is 16.1 Å². The van der Waals surface area contributed by atoms with Gasteiger partial charge in [-0.3, -0.25) is 9.48 Å². The van der Waals surface area contributed by atoms with Crippen LogP contribution >= 0.6 is 23.2 Å². The molecule has 2 aromatic heterocycles. The third kappa shape index (κ3) is 5.25. The summed E-state index contributed by atoms with van der Waals surface area (Å²) in [6, 6.07) is 20.6. The minimum atomic E-state index is -5.98. The lowest BCUT2D eigenvalue weighted by Gasteiger charge is -2.13. The van der Waals surface area contributed by atoms with Crippen LogP contribution < -0.4 is 4.72 Å². The van der Waals surface area contributed by atoms with Gasteiger partial charge in [-0.15, -0.1) is 0 Å². The number of benzene rings is 3. The number of rotatable bonds is 6. The number of H-pyrrole nitrogens is 1. The van der Waals surface area contributed by atoms with E-state index >= 15 is 0 Å². The summed E-state index contributed by atoms with van der Waals surface area (Å²) in [5.74, 6) is -1.49. The Hall–Kier alpha value is -3.80. The largest absolute Gasteiger partial charge is 0.516 e. The maximum absolute atomic E-state index is 13.1. The van der Waals surface area contributed by atoms with Crippen LogP contribution in [-0.2, 0) is 16.6 Å². The zero-order valence-corrected chi connectivity index (χ0v) is 22.0. The van der Waals surface area contributed by atoms with Crippen LogP contribution in [0.2, 0.25) is 10.0 Å². The molecule has 0 saturated heterocycles. The number of nitrogens with zero attached hydrogens (tertiary/aromatic N) is 2. The third-order valence-electron chi connectivity index (χ3n) is 5.93. The minimum absolute atomic E-state index is 0.154. The highest BCUT2D eigenvalue weighted by atomic mass is 35.5. The normalized spacial score (nSPS) is 12.1. The Labute approximate surface area is 230 Å². The van der Waals surface area contributed by atoms with E-state index < -0.39 is 27.1 Å². The van der Waals surface area contributed by atoms with Crippen LogP contribution in [0.5, 0.6) is 0 Å². The third-order valence-corrected chi connectivity index (χ3v) is 7.48. The van der Waals surface area contributed by atoms with Gasteiger partial charge in [0.15, 0.2) is 0 Å². The highest BCUT2D eigenvalue weighted by Gasteiger charge is 2.47. The average molecular weight is 593 g/mol. The number of sulfonamides is 1. The molecule has 0 aliphatic heterocycles. The summed E-state index contributed by atoms with van der Waals surface area (Å²) < 4.78 is 65.6. The molecule has 200 valence electrons. The first kappa shape index (κ1) is 26.8. The van der Waals surface area contributed by atoms with Gasteiger partial charge in [-0.25, -0.2) is 4.72 Å². The van der Waals surface area contributed by atoms with Crippen molar-refractivity contribution in [2.75, 3.05) is 0 Å². The van der Waals surface area contributed by atoms with Crippen molar-refractivity contribution in [2.45, 2.75) is 12.1 Å². The van der Waals surface area contributed by atoms with Crippen LogP contribution in [0.15, 0.2) is 79.0 Å². The van der Waals surface area contributed by atoms with Crippen molar-refractivity contribution in [3.63, 3.8) is 0 Å². The molecule has 0 radical (unpaired) electrons. The van der Waals surface area contributed by atoms with Gasteiger partial charge >= 0.3 is 15.5 Å². The first-order valence-corrected chi connectivity index (χ1v) is 13.5. The van der Waals surface area contributed by atoms with Crippen LogP contribution in [0.25, 0.3) is 33.3 Å². The number of aromatic nitrogens is 3. The molecule has 0 spiro atoms. The van der Waals surface area contributed by atoms with E-state index in [9.17, 15) is 26.4 Å². The Morgan fingerprint density at radius 2 is 1.64 bits per heavy atom. The standard InChI is InChI=1S/C26H17Cl2F3N4O3S/c27-17-8-6-15(7-9-17)14-35-24(20(13-32-35)16-4-2-1-3-5-16)22-19-11-10-18(28)12-21(19)33-23(22)25(36)34-39(37,38)26(29,30)31/h1-13,33H,14H2,(H,34,36). The Bertz CT molecular complexity index is 1800. The molecule has 0 atom stereocenters. The molecule has 5 aromatic rings. The van der Waals surface area contributed by atoms with Gasteiger partial charge in [0, 0.05) is 32.1 Å². The number of aromatic amines is 1. The second-order valence-electron chi connectivity index (χ2n) is 8.50. The number of nitrogens with one attached hydrogen (secondary N) is 2. The summed E-state index contributed by atoms with van der Waals surface area (Å²) in [7, 11) is -5.98. The van der Waals surface area contributed by atoms with E-state index in [1.54, 1.807) is 59.4 Å². The Balaban J connectivity index is 1.76. The smallest absolute Gasteiger partial charge is 0.350 e. The molecule has 3 aromatic carbocycles. The average Bonchev–Trinajstić information content (AvgIpc) is 3.45. The van der Waals surface area contributed by atoms with E-state index in [2.05, 4.69) is 10.1 Å². The van der Waals surface area contributed by atoms with E-state index in [1.807, 2.05) is 18.2 Å². The number of fused-ring (bicyclic) bond motifs is 1. The number of alkyl halides is 3. The van der Waals surface area contributed by atoms with Gasteiger partial charge in [0.2, 0.25) is 0 Å². The van der Waals surface area contributed by atoms with Crippen molar-refractivity contribution in [3.8, 4) is 22.4 Å². The van der Waals surface area contributed by atoms with Crippen LogP contribution in [0.3, 0.4) is 0 Å². The van der Waals surface area contributed by atoms with Crippen molar-refractivity contribution >= 4 is 50.0 Å². The van der Waals surface area contributed by atoms with Crippen molar-refractivity contribution in [1.29, 1.82) is 0 Å². The SMILES string of the molecule is O=C(NS(=O)(=O)C(F)(F)F)c1[nH]c2cc(Cl)ccc2c1-c1c(-c2ccccc2)cnn1Cc1ccc(Cl)cc1.